The second-order valence-corrected chi connectivity index (χ2v) is 3.84. The van der Waals surface area contributed by atoms with Gasteiger partial charge in [0.2, 0.25) is 5.60 Å². The summed E-state index contributed by atoms with van der Waals surface area (Å²) in [6, 6.07) is -0.604. The van der Waals surface area contributed by atoms with Crippen LogP contribution in [-0.4, -0.2) is 36.1 Å². The molecular weight excluding hydrogens is 186 g/mol. The fraction of sp³-hybridized carbons (Fsp3) is 0.556. The normalized spacial score (nSPS) is 52.0. The number of ether oxygens (including phenoxy) is 2. The predicted molar refractivity (Wildman–Crippen MR) is 44.2 cm³/mol. The number of hydrogen-bond donors (Lipinski definition) is 1. The number of rotatable bonds is 1. The Bertz CT molecular complexity index is 390. The third-order valence-electron chi connectivity index (χ3n) is 3.38. The molecule has 2 fully saturated rings. The number of Topliss-reactive ketones (excluding diaryl/α,β-unsaturated/α-hetero) is 1. The third kappa shape index (κ3) is 0.494. The van der Waals surface area contributed by atoms with Crippen LogP contribution in [-0.2, 0) is 19.1 Å². The zero-order valence-electron chi connectivity index (χ0n) is 7.52. The Hall–Kier alpha value is -1.20. The summed E-state index contributed by atoms with van der Waals surface area (Å²) in [6.07, 6.45) is 3.33. The zero-order valence-corrected chi connectivity index (χ0v) is 7.52. The van der Waals surface area contributed by atoms with E-state index in [1.54, 1.807) is 12.2 Å². The molecule has 0 radical (unpaired) electrons. The number of hydrogen-bond acceptors (Lipinski definition) is 5. The van der Waals surface area contributed by atoms with Gasteiger partial charge in [-0.1, -0.05) is 6.08 Å². The fourth-order valence-electron chi connectivity index (χ4n) is 2.61. The second kappa shape index (κ2) is 1.92. The van der Waals surface area contributed by atoms with Gasteiger partial charge in [-0.3, -0.25) is 4.79 Å². The van der Waals surface area contributed by atoms with Crippen molar-refractivity contribution < 1.29 is 19.1 Å². The van der Waals surface area contributed by atoms with Gasteiger partial charge in [-0.05, 0) is 6.08 Å². The molecule has 2 bridgehead atoms. The van der Waals surface area contributed by atoms with Crippen molar-refractivity contribution in [2.45, 2.75) is 17.2 Å². The third-order valence-corrected chi connectivity index (χ3v) is 3.38. The van der Waals surface area contributed by atoms with Crippen molar-refractivity contribution in [3.05, 3.63) is 12.2 Å². The SMILES string of the molecule is COC(=O)C12OC13C=CC(C3=O)C2N. The summed E-state index contributed by atoms with van der Waals surface area (Å²) < 4.78 is 9.88. The quantitative estimate of drug-likeness (QED) is 0.321. The van der Waals surface area contributed by atoms with Crippen molar-refractivity contribution in [3.8, 4) is 0 Å². The fourth-order valence-corrected chi connectivity index (χ4v) is 2.61. The average Bonchev–Trinajstić information content (AvgIpc) is 2.75. The zero-order chi connectivity index (χ0) is 10.1. The molecule has 4 atom stereocenters. The molecule has 4 unspecified atom stereocenters. The highest BCUT2D eigenvalue weighted by atomic mass is 16.7. The van der Waals surface area contributed by atoms with Gasteiger partial charge in [0.05, 0.1) is 19.1 Å². The number of nitrogens with two attached hydrogens (primary N) is 1. The molecule has 0 aromatic carbocycles. The summed E-state index contributed by atoms with van der Waals surface area (Å²) in [6.45, 7) is 0. The van der Waals surface area contributed by atoms with Crippen LogP contribution in [0.3, 0.4) is 0 Å². The molecule has 0 amide bonds. The van der Waals surface area contributed by atoms with E-state index in [4.69, 9.17) is 10.5 Å². The van der Waals surface area contributed by atoms with E-state index in [9.17, 15) is 9.59 Å². The van der Waals surface area contributed by atoms with Crippen LogP contribution in [0.2, 0.25) is 0 Å². The first kappa shape index (κ1) is 8.14. The monoisotopic (exact) mass is 195 g/mol. The van der Waals surface area contributed by atoms with Gasteiger partial charge in [0.1, 0.15) is 0 Å². The van der Waals surface area contributed by atoms with Gasteiger partial charge in [-0.2, -0.15) is 0 Å². The standard InChI is InChI=1S/C9H9NO4/c1-13-7(12)9-5(10)4-2-3-8(9,14-9)6(4)11/h2-5H,10H2,1H3. The minimum absolute atomic E-state index is 0.115. The van der Waals surface area contributed by atoms with Crippen molar-refractivity contribution in [3.63, 3.8) is 0 Å². The summed E-state index contributed by atoms with van der Waals surface area (Å²) >= 11 is 0. The first-order valence-electron chi connectivity index (χ1n) is 4.38. The van der Waals surface area contributed by atoms with Gasteiger partial charge in [-0.15, -0.1) is 0 Å². The van der Waals surface area contributed by atoms with Gasteiger partial charge in [0.15, 0.2) is 11.4 Å². The van der Waals surface area contributed by atoms with E-state index < -0.39 is 23.2 Å². The maximum atomic E-state index is 11.7. The molecule has 5 heteroatoms. The van der Waals surface area contributed by atoms with Crippen LogP contribution in [0.15, 0.2) is 12.2 Å². The lowest BCUT2D eigenvalue weighted by molar-refractivity contribution is -0.147. The molecule has 3 rings (SSSR count). The van der Waals surface area contributed by atoms with Gasteiger partial charge in [-0.25, -0.2) is 4.79 Å². The Labute approximate surface area is 79.8 Å². The molecule has 0 aromatic heterocycles. The van der Waals surface area contributed by atoms with Gasteiger partial charge < -0.3 is 15.2 Å². The maximum Gasteiger partial charge on any atom is 0.343 e. The minimum atomic E-state index is -1.22. The Kier molecular flexibility index (Phi) is 1.11. The minimum Gasteiger partial charge on any atom is -0.467 e. The highest BCUT2D eigenvalue weighted by molar-refractivity contribution is 6.12. The Balaban J connectivity index is 2.12. The molecule has 1 heterocycles. The van der Waals surface area contributed by atoms with Crippen LogP contribution in [0.4, 0.5) is 0 Å². The van der Waals surface area contributed by atoms with E-state index in [2.05, 4.69) is 4.74 Å². The Morgan fingerprint density at radius 2 is 2.43 bits per heavy atom. The van der Waals surface area contributed by atoms with Crippen LogP contribution in [0.1, 0.15) is 0 Å². The van der Waals surface area contributed by atoms with Crippen molar-refractivity contribution in [2.75, 3.05) is 7.11 Å². The van der Waals surface area contributed by atoms with Crippen molar-refractivity contribution >= 4 is 11.8 Å². The maximum absolute atomic E-state index is 11.7. The number of ketones is 1. The van der Waals surface area contributed by atoms with Crippen molar-refractivity contribution in [1.82, 2.24) is 0 Å². The lowest BCUT2D eigenvalue weighted by Gasteiger charge is -2.18. The Morgan fingerprint density at radius 3 is 2.93 bits per heavy atom. The van der Waals surface area contributed by atoms with E-state index in [0.29, 0.717) is 0 Å². The highest BCUT2D eigenvalue weighted by Gasteiger charge is 2.89. The van der Waals surface area contributed by atoms with Crippen LogP contribution in [0.5, 0.6) is 0 Å². The van der Waals surface area contributed by atoms with Gasteiger partial charge >= 0.3 is 5.97 Å². The van der Waals surface area contributed by atoms with E-state index >= 15 is 0 Å². The summed E-state index contributed by atoms with van der Waals surface area (Å²) in [5.41, 5.74) is 3.49. The van der Waals surface area contributed by atoms with Crippen molar-refractivity contribution in [1.29, 1.82) is 0 Å². The molecule has 3 aliphatic rings. The van der Waals surface area contributed by atoms with Crippen LogP contribution in [0, 0.1) is 5.92 Å². The Morgan fingerprint density at radius 1 is 1.71 bits per heavy atom. The van der Waals surface area contributed by atoms with Crippen LogP contribution in [0.25, 0.3) is 0 Å². The summed E-state index contributed by atoms with van der Waals surface area (Å²) in [5.74, 6) is -1.05. The molecule has 1 saturated carbocycles. The number of fused-ring (bicyclic) bond motifs is 1. The average molecular weight is 195 g/mol. The van der Waals surface area contributed by atoms with E-state index in [1.807, 2.05) is 0 Å². The van der Waals surface area contributed by atoms with E-state index in [0.717, 1.165) is 0 Å². The molecule has 5 nitrogen and oxygen atoms in total. The molecule has 2 N–H and O–H groups in total. The molecular formula is C9H9NO4. The number of esters is 1. The van der Waals surface area contributed by atoms with Crippen LogP contribution < -0.4 is 5.73 Å². The summed E-state index contributed by atoms with van der Waals surface area (Å²) in [4.78, 5) is 23.2. The highest BCUT2D eigenvalue weighted by Crippen LogP contribution is 2.63. The predicted octanol–water partition coefficient (Wildman–Crippen LogP) is -1.24. The lowest BCUT2D eigenvalue weighted by atomic mass is 9.89. The summed E-state index contributed by atoms with van der Waals surface area (Å²) in [5, 5.41) is 0. The molecule has 0 aromatic rings. The van der Waals surface area contributed by atoms with E-state index in [1.165, 1.54) is 7.11 Å². The molecule has 1 saturated heterocycles. The summed E-state index contributed by atoms with van der Waals surface area (Å²) in [7, 11) is 1.26. The number of carbonyl (C=O) groups excluding carboxylic acids is 2. The largest absolute Gasteiger partial charge is 0.467 e. The van der Waals surface area contributed by atoms with Crippen LogP contribution >= 0.6 is 0 Å². The number of epoxide rings is 1. The molecule has 74 valence electrons. The number of carbonyl (C=O) groups is 2. The molecule has 1 aliphatic heterocycles. The molecule has 14 heavy (non-hydrogen) atoms. The molecule has 2 aliphatic carbocycles. The molecule has 1 spiro atoms. The van der Waals surface area contributed by atoms with Gasteiger partial charge in [0.25, 0.3) is 0 Å². The first-order chi connectivity index (χ1) is 6.60. The van der Waals surface area contributed by atoms with Crippen molar-refractivity contribution in [2.24, 2.45) is 11.7 Å². The lowest BCUT2D eigenvalue weighted by Crippen LogP contribution is -2.48. The smallest absolute Gasteiger partial charge is 0.343 e. The second-order valence-electron chi connectivity index (χ2n) is 3.84. The van der Waals surface area contributed by atoms with E-state index in [-0.39, 0.29) is 11.7 Å². The number of methoxy groups -OCH3 is 1. The topological polar surface area (TPSA) is 81.9 Å². The first-order valence-corrected chi connectivity index (χ1v) is 4.38. The van der Waals surface area contributed by atoms with Gasteiger partial charge in [0, 0.05) is 0 Å².